The first-order valence-corrected chi connectivity index (χ1v) is 13.2. The molecular formula is C24H28ClN3O3S2. The lowest BCUT2D eigenvalue weighted by molar-refractivity contribution is -0.116. The number of fused-ring (bicyclic) bond motifs is 1. The van der Waals surface area contributed by atoms with Gasteiger partial charge in [0.05, 0.1) is 41.3 Å². The number of carbonyl (C=O) groups is 1. The van der Waals surface area contributed by atoms with Crippen molar-refractivity contribution in [1.29, 1.82) is 0 Å². The molecule has 3 aromatic rings. The Morgan fingerprint density at radius 2 is 2.00 bits per heavy atom. The highest BCUT2D eigenvalue weighted by Crippen LogP contribution is 2.36. The van der Waals surface area contributed by atoms with Gasteiger partial charge >= 0.3 is 0 Å². The number of aryl methyl sites for hydroxylation is 1. The summed E-state index contributed by atoms with van der Waals surface area (Å²) in [6.07, 6.45) is 0.877. The molecule has 0 radical (unpaired) electrons. The lowest BCUT2D eigenvalue weighted by Gasteiger charge is -2.27. The summed E-state index contributed by atoms with van der Waals surface area (Å²) in [5, 5.41) is 1.39. The van der Waals surface area contributed by atoms with Crippen LogP contribution in [0.5, 0.6) is 5.75 Å². The summed E-state index contributed by atoms with van der Waals surface area (Å²) in [5.74, 6) is 1.19. The van der Waals surface area contributed by atoms with E-state index in [2.05, 4.69) is 4.90 Å². The molecule has 0 atom stereocenters. The predicted octanol–water partition coefficient (Wildman–Crippen LogP) is 5.11. The zero-order chi connectivity index (χ0) is 23.2. The number of methoxy groups -OCH3 is 1. The van der Waals surface area contributed by atoms with Gasteiger partial charge in [0, 0.05) is 31.1 Å². The molecule has 2 heterocycles. The van der Waals surface area contributed by atoms with E-state index in [1.165, 1.54) is 23.1 Å². The van der Waals surface area contributed by atoms with E-state index in [0.717, 1.165) is 65.7 Å². The fourth-order valence-electron chi connectivity index (χ4n) is 3.71. The molecule has 0 N–H and O–H groups in total. The second kappa shape index (κ2) is 11.5. The van der Waals surface area contributed by atoms with Gasteiger partial charge in [-0.2, -0.15) is 0 Å². The standard InChI is InChI=1S/C24H28ClN3O3S2/c1-17-4-9-20(25)23-22(17)26-24(33-23)28(11-3-10-27-12-14-31-15-13-27)21(29)16-32-19-7-5-18(30-2)6-8-19/h4-9H,3,10-16H2,1-2H3. The van der Waals surface area contributed by atoms with E-state index in [4.69, 9.17) is 26.1 Å². The zero-order valence-corrected chi connectivity index (χ0v) is 21.3. The van der Waals surface area contributed by atoms with E-state index in [0.29, 0.717) is 22.5 Å². The van der Waals surface area contributed by atoms with E-state index in [-0.39, 0.29) is 5.91 Å². The van der Waals surface area contributed by atoms with Gasteiger partial charge in [-0.3, -0.25) is 14.6 Å². The van der Waals surface area contributed by atoms with E-state index in [1.54, 1.807) is 7.11 Å². The third kappa shape index (κ3) is 6.19. The van der Waals surface area contributed by atoms with Crippen LogP contribution in [0, 0.1) is 6.92 Å². The molecule has 0 spiro atoms. The average Bonchev–Trinajstić information content (AvgIpc) is 3.30. The van der Waals surface area contributed by atoms with Crippen LogP contribution in [0.1, 0.15) is 12.0 Å². The molecule has 1 amide bonds. The van der Waals surface area contributed by atoms with E-state index >= 15 is 0 Å². The third-order valence-electron chi connectivity index (χ3n) is 5.60. The number of aromatic nitrogens is 1. The molecule has 2 aromatic carbocycles. The van der Waals surface area contributed by atoms with Crippen molar-refractivity contribution in [2.75, 3.05) is 57.2 Å². The number of amides is 1. The largest absolute Gasteiger partial charge is 0.497 e. The van der Waals surface area contributed by atoms with Gasteiger partial charge in [-0.25, -0.2) is 4.98 Å². The number of hydrogen-bond acceptors (Lipinski definition) is 7. The van der Waals surface area contributed by atoms with Crippen molar-refractivity contribution in [2.24, 2.45) is 0 Å². The maximum Gasteiger partial charge on any atom is 0.239 e. The Labute approximate surface area is 207 Å². The van der Waals surface area contributed by atoms with Crippen molar-refractivity contribution in [3.05, 3.63) is 47.0 Å². The highest BCUT2D eigenvalue weighted by Gasteiger charge is 2.22. The van der Waals surface area contributed by atoms with Gasteiger partial charge < -0.3 is 9.47 Å². The first-order chi connectivity index (χ1) is 16.0. The van der Waals surface area contributed by atoms with Crippen molar-refractivity contribution in [3.63, 3.8) is 0 Å². The Morgan fingerprint density at radius 1 is 1.24 bits per heavy atom. The summed E-state index contributed by atoms with van der Waals surface area (Å²) >= 11 is 9.44. The first-order valence-electron chi connectivity index (χ1n) is 11.0. The second-order valence-corrected chi connectivity index (χ2v) is 10.3. The maximum atomic E-state index is 13.3. The lowest BCUT2D eigenvalue weighted by Crippen LogP contribution is -2.39. The van der Waals surface area contributed by atoms with Crippen LogP contribution in [-0.4, -0.2) is 68.0 Å². The maximum absolute atomic E-state index is 13.3. The van der Waals surface area contributed by atoms with Crippen molar-refractivity contribution in [3.8, 4) is 5.75 Å². The van der Waals surface area contributed by atoms with Crippen LogP contribution in [-0.2, 0) is 9.53 Å². The van der Waals surface area contributed by atoms with Crippen molar-refractivity contribution < 1.29 is 14.3 Å². The second-order valence-electron chi connectivity index (χ2n) is 7.86. The quantitative estimate of drug-likeness (QED) is 0.376. The Morgan fingerprint density at radius 3 is 2.70 bits per heavy atom. The van der Waals surface area contributed by atoms with Crippen molar-refractivity contribution >= 4 is 56.0 Å². The summed E-state index contributed by atoms with van der Waals surface area (Å²) in [4.78, 5) is 23.4. The molecule has 176 valence electrons. The molecule has 0 unspecified atom stereocenters. The SMILES string of the molecule is COc1ccc(SCC(=O)N(CCCN2CCOCC2)c2nc3c(C)ccc(Cl)c3s2)cc1. The fourth-order valence-corrected chi connectivity index (χ4v) is 5.84. The van der Waals surface area contributed by atoms with Gasteiger partial charge in [-0.05, 0) is 49.2 Å². The molecular weight excluding hydrogens is 478 g/mol. The molecule has 1 saturated heterocycles. The molecule has 6 nitrogen and oxygen atoms in total. The number of ether oxygens (including phenoxy) is 2. The summed E-state index contributed by atoms with van der Waals surface area (Å²) < 4.78 is 11.6. The number of hydrogen-bond donors (Lipinski definition) is 0. The normalized spacial score (nSPS) is 14.5. The minimum atomic E-state index is 0.0469. The topological polar surface area (TPSA) is 54.9 Å². The Kier molecular flexibility index (Phi) is 8.49. The highest BCUT2D eigenvalue weighted by atomic mass is 35.5. The van der Waals surface area contributed by atoms with Crippen LogP contribution in [0.15, 0.2) is 41.3 Å². The molecule has 4 rings (SSSR count). The number of benzene rings is 2. The summed E-state index contributed by atoms with van der Waals surface area (Å²) in [5.41, 5.74) is 1.93. The molecule has 0 aliphatic carbocycles. The number of halogens is 1. The highest BCUT2D eigenvalue weighted by molar-refractivity contribution is 8.00. The third-order valence-corrected chi connectivity index (χ3v) is 8.13. The fraction of sp³-hybridized carbons (Fsp3) is 0.417. The minimum absolute atomic E-state index is 0.0469. The van der Waals surface area contributed by atoms with Gasteiger partial charge in [-0.15, -0.1) is 11.8 Å². The number of carbonyl (C=O) groups excluding carboxylic acids is 1. The summed E-state index contributed by atoms with van der Waals surface area (Å²) in [7, 11) is 1.65. The Bertz CT molecular complexity index is 1050. The zero-order valence-electron chi connectivity index (χ0n) is 18.9. The summed E-state index contributed by atoms with van der Waals surface area (Å²) in [6, 6.07) is 11.6. The van der Waals surface area contributed by atoms with Gasteiger partial charge in [0.15, 0.2) is 5.13 Å². The number of rotatable bonds is 9. The number of anilines is 1. The minimum Gasteiger partial charge on any atom is -0.497 e. The monoisotopic (exact) mass is 505 g/mol. The molecule has 0 saturated carbocycles. The Balaban J connectivity index is 1.49. The lowest BCUT2D eigenvalue weighted by atomic mass is 10.2. The Hall–Kier alpha value is -1.84. The van der Waals surface area contributed by atoms with Gasteiger partial charge in [-0.1, -0.05) is 29.0 Å². The number of nitrogens with zero attached hydrogens (tertiary/aromatic N) is 3. The van der Waals surface area contributed by atoms with Crippen molar-refractivity contribution in [1.82, 2.24) is 9.88 Å². The summed E-state index contributed by atoms with van der Waals surface area (Å²) in [6.45, 7) is 7.01. The molecule has 1 aliphatic rings. The molecule has 1 aliphatic heterocycles. The predicted molar refractivity (Wildman–Crippen MR) is 137 cm³/mol. The van der Waals surface area contributed by atoms with E-state index < -0.39 is 0 Å². The van der Waals surface area contributed by atoms with Crippen LogP contribution in [0.25, 0.3) is 10.2 Å². The first kappa shape index (κ1) is 24.3. The molecule has 9 heteroatoms. The van der Waals surface area contributed by atoms with Gasteiger partial charge in [0.2, 0.25) is 5.91 Å². The molecule has 1 fully saturated rings. The average molecular weight is 506 g/mol. The number of morpholine rings is 1. The molecule has 1 aromatic heterocycles. The van der Waals surface area contributed by atoms with E-state index in [9.17, 15) is 4.79 Å². The van der Waals surface area contributed by atoms with Crippen molar-refractivity contribution in [2.45, 2.75) is 18.2 Å². The van der Waals surface area contributed by atoms with Crippen LogP contribution >= 0.6 is 34.7 Å². The number of thiazole rings is 1. The van der Waals surface area contributed by atoms with Gasteiger partial charge in [0.1, 0.15) is 5.75 Å². The smallest absolute Gasteiger partial charge is 0.239 e. The van der Waals surface area contributed by atoms with Crippen LogP contribution in [0.3, 0.4) is 0 Å². The molecule has 0 bridgehead atoms. The van der Waals surface area contributed by atoms with Crippen LogP contribution in [0.4, 0.5) is 5.13 Å². The molecule has 33 heavy (non-hydrogen) atoms. The van der Waals surface area contributed by atoms with Crippen LogP contribution < -0.4 is 9.64 Å². The van der Waals surface area contributed by atoms with E-state index in [1.807, 2.05) is 48.2 Å². The van der Waals surface area contributed by atoms with Gasteiger partial charge in [0.25, 0.3) is 0 Å². The number of thioether (sulfide) groups is 1. The van der Waals surface area contributed by atoms with Crippen LogP contribution in [0.2, 0.25) is 5.02 Å².